The van der Waals surface area contributed by atoms with Crippen molar-refractivity contribution in [2.24, 2.45) is 0 Å². The number of rotatable bonds is 3. The molecule has 2 fully saturated rings. The second-order valence-electron chi connectivity index (χ2n) is 16.7. The van der Waals surface area contributed by atoms with E-state index in [4.69, 9.17) is 24.2 Å². The summed E-state index contributed by atoms with van der Waals surface area (Å²) in [7, 11) is 0. The largest absolute Gasteiger partial charge is 0.488 e. The number of nitrogens with one attached hydrogen (secondary N) is 2. The second-order valence-corrected chi connectivity index (χ2v) is 16.7. The van der Waals surface area contributed by atoms with Crippen LogP contribution in [0.1, 0.15) is 110 Å². The van der Waals surface area contributed by atoms with Gasteiger partial charge in [-0.2, -0.15) is 0 Å². The molecule has 0 saturated carbocycles. The third kappa shape index (κ3) is 6.13. The molecule has 0 bridgehead atoms. The number of benzene rings is 3. The van der Waals surface area contributed by atoms with Crippen LogP contribution >= 0.6 is 0 Å². The maximum atomic E-state index is 13.2. The average molecular weight is 705 g/mol. The minimum absolute atomic E-state index is 0.0618. The maximum Gasteiger partial charge on any atom is 0.411 e. The van der Waals surface area contributed by atoms with Crippen LogP contribution in [0.2, 0.25) is 0 Å². The Bertz CT molecular complexity index is 2210. The Morgan fingerprint density at radius 1 is 0.788 bits per heavy atom. The Morgan fingerprint density at radius 3 is 2.10 bits per heavy atom. The lowest BCUT2D eigenvalue weighted by molar-refractivity contribution is 0.0141. The number of likely N-dealkylation sites (tertiary alicyclic amines) is 2. The zero-order chi connectivity index (χ0) is 36.7. The molecule has 11 heteroatoms. The molecule has 4 atom stereocenters. The summed E-state index contributed by atoms with van der Waals surface area (Å²) in [6, 6.07) is 14.7. The second kappa shape index (κ2) is 12.3. The zero-order valence-electron chi connectivity index (χ0n) is 31.3. The van der Waals surface area contributed by atoms with E-state index >= 15 is 0 Å². The zero-order valence-corrected chi connectivity index (χ0v) is 31.3. The molecule has 3 aliphatic heterocycles. The van der Waals surface area contributed by atoms with Gasteiger partial charge in [0, 0.05) is 23.0 Å². The first kappa shape index (κ1) is 34.0. The average Bonchev–Trinajstić information content (AvgIpc) is 3.87. The number of ether oxygens (including phenoxy) is 3. The van der Waals surface area contributed by atoms with Crippen molar-refractivity contribution in [3.8, 4) is 28.1 Å². The summed E-state index contributed by atoms with van der Waals surface area (Å²) in [6.07, 6.45) is 4.66. The fourth-order valence-corrected chi connectivity index (χ4v) is 8.04. The molecule has 2 N–H and O–H groups in total. The molecule has 3 aliphatic rings. The van der Waals surface area contributed by atoms with Crippen LogP contribution in [0, 0.1) is 0 Å². The van der Waals surface area contributed by atoms with Crippen molar-refractivity contribution >= 4 is 34.0 Å². The van der Waals surface area contributed by atoms with Crippen molar-refractivity contribution < 1.29 is 23.8 Å². The summed E-state index contributed by atoms with van der Waals surface area (Å²) in [5.41, 5.74) is 5.81. The fraction of sp³-hybridized carbons (Fsp3) is 0.463. The van der Waals surface area contributed by atoms with Gasteiger partial charge < -0.3 is 24.2 Å². The summed E-state index contributed by atoms with van der Waals surface area (Å²) in [4.78, 5) is 46.8. The molecule has 272 valence electrons. The number of fused-ring (bicyclic) bond motifs is 6. The molecule has 2 saturated heterocycles. The standard InChI is InChI=1S/C41H48N6O5/c1-22-9-15-32(46(22)38(48)51-40(3,4)5)36-42-20-31(44-36)25-11-13-27-26(17-25)21-50-34-19-28-24(18-29(27)34)12-14-30-35(28)45-37(43-30)33-16-10-23(2)47(33)39(49)52-41(6,7)8/h11-14,17-20,22-23,32-33H,9-10,15-16,21H2,1-8H3,(H,42,44)(H,43,45)/t22-,23-,32-,33-/m0/s1. The first-order chi connectivity index (χ1) is 24.6. The monoisotopic (exact) mass is 704 g/mol. The van der Waals surface area contributed by atoms with Gasteiger partial charge in [0.25, 0.3) is 0 Å². The smallest absolute Gasteiger partial charge is 0.411 e. The van der Waals surface area contributed by atoms with Crippen molar-refractivity contribution in [1.82, 2.24) is 29.7 Å². The van der Waals surface area contributed by atoms with Gasteiger partial charge in [-0.05, 0) is 127 Å². The number of imidazole rings is 2. The number of hydrogen-bond donors (Lipinski definition) is 2. The molecule has 3 aromatic carbocycles. The quantitative estimate of drug-likeness (QED) is 0.192. The van der Waals surface area contributed by atoms with Crippen LogP contribution in [0.4, 0.5) is 9.59 Å². The van der Waals surface area contributed by atoms with Crippen molar-refractivity contribution in [3.05, 3.63) is 65.9 Å². The van der Waals surface area contributed by atoms with E-state index in [2.05, 4.69) is 60.2 Å². The topological polar surface area (TPSA) is 126 Å². The highest BCUT2D eigenvalue weighted by molar-refractivity contribution is 6.07. The maximum absolute atomic E-state index is 13.2. The summed E-state index contributed by atoms with van der Waals surface area (Å²) in [5, 5.41) is 2.10. The van der Waals surface area contributed by atoms with E-state index < -0.39 is 11.2 Å². The number of aromatic amines is 2. The van der Waals surface area contributed by atoms with Crippen LogP contribution in [0.25, 0.3) is 44.2 Å². The molecule has 0 aliphatic carbocycles. The van der Waals surface area contributed by atoms with E-state index in [1.165, 1.54) is 0 Å². The molecular formula is C41H48N6O5. The Labute approximate surface area is 304 Å². The van der Waals surface area contributed by atoms with Crippen LogP contribution < -0.4 is 4.74 Å². The molecule has 2 aromatic heterocycles. The molecule has 11 nitrogen and oxygen atoms in total. The molecule has 8 rings (SSSR count). The molecule has 2 amide bonds. The van der Waals surface area contributed by atoms with Gasteiger partial charge in [0.15, 0.2) is 0 Å². The van der Waals surface area contributed by atoms with Gasteiger partial charge in [-0.25, -0.2) is 19.6 Å². The van der Waals surface area contributed by atoms with E-state index in [0.29, 0.717) is 6.61 Å². The number of hydrogen-bond acceptors (Lipinski definition) is 7. The van der Waals surface area contributed by atoms with Crippen molar-refractivity contribution in [2.45, 2.75) is 123 Å². The van der Waals surface area contributed by atoms with Crippen LogP contribution in [0.15, 0.2) is 48.7 Å². The summed E-state index contributed by atoms with van der Waals surface area (Å²) in [5.74, 6) is 2.36. The highest BCUT2D eigenvalue weighted by Crippen LogP contribution is 2.44. The molecule has 0 unspecified atom stereocenters. The number of H-pyrrole nitrogens is 2. The lowest BCUT2D eigenvalue weighted by atomic mass is 9.92. The van der Waals surface area contributed by atoms with Gasteiger partial charge in [-0.15, -0.1) is 0 Å². The number of amides is 2. The SMILES string of the molecule is C[C@H]1CC[C@@H](c2ncc(-c3ccc4c(c3)COc3cc5c(ccc6nc([C@@H]7CC[C@H](C)N7C(=O)OC(C)(C)C)[nH]c65)cc3-4)[nH]2)N1C(=O)OC(C)(C)C. The Morgan fingerprint density at radius 2 is 1.44 bits per heavy atom. The molecule has 0 spiro atoms. The number of aromatic nitrogens is 4. The fourth-order valence-electron chi connectivity index (χ4n) is 8.04. The van der Waals surface area contributed by atoms with Gasteiger partial charge in [0.05, 0.1) is 35.0 Å². The lowest BCUT2D eigenvalue weighted by Crippen LogP contribution is -2.40. The molecule has 5 aromatic rings. The summed E-state index contributed by atoms with van der Waals surface area (Å²) < 4.78 is 17.9. The van der Waals surface area contributed by atoms with Gasteiger partial charge in [0.1, 0.15) is 35.2 Å². The highest BCUT2D eigenvalue weighted by Gasteiger charge is 2.41. The third-order valence-corrected chi connectivity index (χ3v) is 10.5. The van der Waals surface area contributed by atoms with E-state index in [9.17, 15) is 9.59 Å². The van der Waals surface area contributed by atoms with Crippen LogP contribution in [0.5, 0.6) is 5.75 Å². The van der Waals surface area contributed by atoms with E-state index in [1.807, 2.05) is 63.6 Å². The molecular weight excluding hydrogens is 656 g/mol. The lowest BCUT2D eigenvalue weighted by Gasteiger charge is -2.30. The minimum Gasteiger partial charge on any atom is -0.488 e. The van der Waals surface area contributed by atoms with Crippen LogP contribution in [-0.2, 0) is 16.1 Å². The molecule has 5 heterocycles. The van der Waals surface area contributed by atoms with Crippen molar-refractivity contribution in [2.75, 3.05) is 0 Å². The predicted octanol–water partition coefficient (Wildman–Crippen LogP) is 9.59. The van der Waals surface area contributed by atoms with Gasteiger partial charge in [0.2, 0.25) is 0 Å². The van der Waals surface area contributed by atoms with Crippen LogP contribution in [-0.4, -0.2) is 65.2 Å². The normalized spacial score (nSPS) is 21.7. The molecule has 0 radical (unpaired) electrons. The van der Waals surface area contributed by atoms with E-state index in [-0.39, 0.29) is 36.4 Å². The van der Waals surface area contributed by atoms with Gasteiger partial charge in [-0.1, -0.05) is 18.2 Å². The number of nitrogens with zero attached hydrogens (tertiary/aromatic N) is 4. The Hall–Kier alpha value is -5.06. The number of carbonyl (C=O) groups is 2. The third-order valence-electron chi connectivity index (χ3n) is 10.5. The van der Waals surface area contributed by atoms with E-state index in [0.717, 1.165) is 92.8 Å². The predicted molar refractivity (Wildman–Crippen MR) is 200 cm³/mol. The van der Waals surface area contributed by atoms with Crippen molar-refractivity contribution in [3.63, 3.8) is 0 Å². The van der Waals surface area contributed by atoms with Crippen LogP contribution in [0.3, 0.4) is 0 Å². The summed E-state index contributed by atoms with van der Waals surface area (Å²) >= 11 is 0. The minimum atomic E-state index is -0.572. The highest BCUT2D eigenvalue weighted by atomic mass is 16.6. The van der Waals surface area contributed by atoms with Gasteiger partial charge in [-0.3, -0.25) is 9.80 Å². The Kier molecular flexibility index (Phi) is 8.04. The first-order valence-electron chi connectivity index (χ1n) is 18.4. The van der Waals surface area contributed by atoms with E-state index in [1.54, 1.807) is 0 Å². The number of carbonyl (C=O) groups excluding carboxylic acids is 2. The summed E-state index contributed by atoms with van der Waals surface area (Å²) in [6.45, 7) is 15.9. The molecule has 52 heavy (non-hydrogen) atoms. The Balaban J connectivity index is 1.07. The van der Waals surface area contributed by atoms with Crippen molar-refractivity contribution in [1.29, 1.82) is 0 Å². The van der Waals surface area contributed by atoms with Gasteiger partial charge >= 0.3 is 12.2 Å². The first-order valence-corrected chi connectivity index (χ1v) is 18.4.